The van der Waals surface area contributed by atoms with Crippen LogP contribution in [0.4, 0.5) is 0 Å². The maximum absolute atomic E-state index is 10.7. The van der Waals surface area contributed by atoms with Crippen LogP contribution in [0.3, 0.4) is 0 Å². The molecule has 2 N–H and O–H groups in total. The Hall–Kier alpha value is -0.610. The Bertz CT molecular complexity index is 186. The van der Waals surface area contributed by atoms with Gasteiger partial charge in [-0.25, -0.2) is 0 Å². The molecule has 1 aliphatic heterocycles. The molecule has 13 heavy (non-hydrogen) atoms. The molecule has 0 amide bonds. The van der Waals surface area contributed by atoms with Crippen molar-refractivity contribution < 1.29 is 9.90 Å². The molecule has 4 heteroatoms. The second kappa shape index (κ2) is 4.07. The van der Waals surface area contributed by atoms with Crippen LogP contribution in [0, 0.1) is 0 Å². The van der Waals surface area contributed by atoms with E-state index < -0.39 is 5.97 Å². The summed E-state index contributed by atoms with van der Waals surface area (Å²) in [6.07, 6.45) is 2.08. The molecular formula is C9H18N2O2. The van der Waals surface area contributed by atoms with Gasteiger partial charge >= 0.3 is 5.97 Å². The molecule has 0 aromatic heterocycles. The van der Waals surface area contributed by atoms with Gasteiger partial charge in [0.05, 0.1) is 6.42 Å². The number of nitrogens with one attached hydrogen (secondary N) is 1. The molecule has 0 spiro atoms. The first-order chi connectivity index (χ1) is 6.08. The van der Waals surface area contributed by atoms with Gasteiger partial charge in [-0.1, -0.05) is 0 Å². The third-order valence-corrected chi connectivity index (χ3v) is 2.96. The molecule has 1 aliphatic rings. The fourth-order valence-electron chi connectivity index (χ4n) is 1.85. The SMILES string of the molecule is CNC1(CC(=O)O)CCN(C)CC1. The predicted octanol–water partition coefficient (Wildman–Crippen LogP) is 0.145. The van der Waals surface area contributed by atoms with Crippen LogP contribution in [-0.4, -0.2) is 48.7 Å². The highest BCUT2D eigenvalue weighted by molar-refractivity contribution is 5.68. The average molecular weight is 186 g/mol. The summed E-state index contributed by atoms with van der Waals surface area (Å²) in [5.41, 5.74) is -0.168. The molecule has 1 fully saturated rings. The van der Waals surface area contributed by atoms with Crippen molar-refractivity contribution in [3.05, 3.63) is 0 Å². The van der Waals surface area contributed by atoms with Crippen molar-refractivity contribution in [2.75, 3.05) is 27.2 Å². The second-order valence-electron chi connectivity index (χ2n) is 3.90. The number of carbonyl (C=O) groups is 1. The zero-order valence-corrected chi connectivity index (χ0v) is 8.34. The molecule has 1 heterocycles. The van der Waals surface area contributed by atoms with Gasteiger partial charge in [-0.2, -0.15) is 0 Å². The first kappa shape index (κ1) is 10.5. The lowest BCUT2D eigenvalue weighted by Gasteiger charge is -2.39. The van der Waals surface area contributed by atoms with Crippen molar-refractivity contribution in [2.24, 2.45) is 0 Å². The van der Waals surface area contributed by atoms with Crippen molar-refractivity contribution in [1.82, 2.24) is 10.2 Å². The Kier molecular flexibility index (Phi) is 3.27. The number of likely N-dealkylation sites (tertiary alicyclic amines) is 1. The third kappa shape index (κ3) is 2.67. The molecule has 0 saturated carbocycles. The van der Waals surface area contributed by atoms with Crippen molar-refractivity contribution in [1.29, 1.82) is 0 Å². The van der Waals surface area contributed by atoms with E-state index in [1.165, 1.54) is 0 Å². The molecular weight excluding hydrogens is 168 g/mol. The summed E-state index contributed by atoms with van der Waals surface area (Å²) in [6.45, 7) is 1.96. The van der Waals surface area contributed by atoms with Gasteiger partial charge < -0.3 is 15.3 Å². The van der Waals surface area contributed by atoms with E-state index >= 15 is 0 Å². The van der Waals surface area contributed by atoms with E-state index in [0.29, 0.717) is 0 Å². The van der Waals surface area contributed by atoms with Crippen LogP contribution in [0.5, 0.6) is 0 Å². The summed E-state index contributed by atoms with van der Waals surface area (Å²) < 4.78 is 0. The third-order valence-electron chi connectivity index (χ3n) is 2.96. The summed E-state index contributed by atoms with van der Waals surface area (Å²) in [5.74, 6) is -0.709. The van der Waals surface area contributed by atoms with Crippen LogP contribution in [-0.2, 0) is 4.79 Å². The molecule has 0 bridgehead atoms. The molecule has 4 nitrogen and oxygen atoms in total. The summed E-state index contributed by atoms with van der Waals surface area (Å²) >= 11 is 0. The fourth-order valence-corrected chi connectivity index (χ4v) is 1.85. The van der Waals surface area contributed by atoms with Gasteiger partial charge in [-0.15, -0.1) is 0 Å². The van der Waals surface area contributed by atoms with Crippen molar-refractivity contribution in [3.8, 4) is 0 Å². The number of piperidine rings is 1. The fraction of sp³-hybridized carbons (Fsp3) is 0.889. The second-order valence-corrected chi connectivity index (χ2v) is 3.90. The zero-order chi connectivity index (χ0) is 9.90. The van der Waals surface area contributed by atoms with E-state index in [4.69, 9.17) is 5.11 Å². The monoisotopic (exact) mass is 186 g/mol. The van der Waals surface area contributed by atoms with E-state index in [-0.39, 0.29) is 12.0 Å². The van der Waals surface area contributed by atoms with Crippen molar-refractivity contribution in [2.45, 2.75) is 24.8 Å². The lowest BCUT2D eigenvalue weighted by Crippen LogP contribution is -2.52. The molecule has 1 saturated heterocycles. The predicted molar refractivity (Wildman–Crippen MR) is 50.8 cm³/mol. The average Bonchev–Trinajstić information content (AvgIpc) is 2.09. The van der Waals surface area contributed by atoms with Crippen LogP contribution in [0.25, 0.3) is 0 Å². The van der Waals surface area contributed by atoms with Gasteiger partial charge in [0.25, 0.3) is 0 Å². The number of hydrogen-bond donors (Lipinski definition) is 2. The molecule has 76 valence electrons. The molecule has 0 atom stereocenters. The summed E-state index contributed by atoms with van der Waals surface area (Å²) in [7, 11) is 3.93. The van der Waals surface area contributed by atoms with E-state index in [9.17, 15) is 4.79 Å². The Morgan fingerprint density at radius 3 is 2.46 bits per heavy atom. The van der Waals surface area contributed by atoms with Gasteiger partial charge in [0, 0.05) is 5.54 Å². The zero-order valence-electron chi connectivity index (χ0n) is 8.34. The molecule has 0 aromatic carbocycles. The summed E-state index contributed by atoms with van der Waals surface area (Å²) in [6, 6.07) is 0. The lowest BCUT2D eigenvalue weighted by atomic mass is 9.85. The van der Waals surface area contributed by atoms with Gasteiger partial charge in [-0.3, -0.25) is 4.79 Å². The van der Waals surface area contributed by atoms with Crippen LogP contribution in [0.1, 0.15) is 19.3 Å². The minimum atomic E-state index is -0.709. The lowest BCUT2D eigenvalue weighted by molar-refractivity contribution is -0.139. The highest BCUT2D eigenvalue weighted by Crippen LogP contribution is 2.24. The quantitative estimate of drug-likeness (QED) is 0.658. The highest BCUT2D eigenvalue weighted by atomic mass is 16.4. The van der Waals surface area contributed by atoms with Crippen LogP contribution in [0.15, 0.2) is 0 Å². The minimum absolute atomic E-state index is 0.168. The maximum Gasteiger partial charge on any atom is 0.305 e. The summed E-state index contributed by atoms with van der Waals surface area (Å²) in [5, 5.41) is 11.9. The largest absolute Gasteiger partial charge is 0.481 e. The smallest absolute Gasteiger partial charge is 0.305 e. The maximum atomic E-state index is 10.7. The van der Waals surface area contributed by atoms with E-state index in [2.05, 4.69) is 17.3 Å². The molecule has 0 aromatic rings. The Balaban J connectivity index is 2.55. The Morgan fingerprint density at radius 1 is 1.54 bits per heavy atom. The minimum Gasteiger partial charge on any atom is -0.481 e. The molecule has 0 radical (unpaired) electrons. The van der Waals surface area contributed by atoms with Crippen molar-refractivity contribution in [3.63, 3.8) is 0 Å². The number of nitrogens with zero attached hydrogens (tertiary/aromatic N) is 1. The number of carboxylic acid groups (broad SMARTS) is 1. The summed E-state index contributed by atoms with van der Waals surface area (Å²) in [4.78, 5) is 12.9. The van der Waals surface area contributed by atoms with Crippen LogP contribution in [0.2, 0.25) is 0 Å². The standard InChI is InChI=1S/C9H18N2O2/c1-10-9(7-8(12)13)3-5-11(2)6-4-9/h10H,3-7H2,1-2H3,(H,12,13). The first-order valence-electron chi connectivity index (χ1n) is 4.67. The van der Waals surface area contributed by atoms with E-state index in [1.54, 1.807) is 0 Å². The van der Waals surface area contributed by atoms with Crippen LogP contribution < -0.4 is 5.32 Å². The molecule has 1 rings (SSSR count). The van der Waals surface area contributed by atoms with Gasteiger partial charge in [0.15, 0.2) is 0 Å². The first-order valence-corrected chi connectivity index (χ1v) is 4.67. The number of carboxylic acids is 1. The Morgan fingerprint density at radius 2 is 2.08 bits per heavy atom. The van der Waals surface area contributed by atoms with Gasteiger partial charge in [0.2, 0.25) is 0 Å². The van der Waals surface area contributed by atoms with E-state index in [1.807, 2.05) is 7.05 Å². The number of hydrogen-bond acceptors (Lipinski definition) is 3. The van der Waals surface area contributed by atoms with Gasteiger partial charge in [0.1, 0.15) is 0 Å². The van der Waals surface area contributed by atoms with E-state index in [0.717, 1.165) is 25.9 Å². The molecule has 0 unspecified atom stereocenters. The van der Waals surface area contributed by atoms with Crippen LogP contribution >= 0.6 is 0 Å². The van der Waals surface area contributed by atoms with Crippen molar-refractivity contribution >= 4 is 5.97 Å². The Labute approximate surface area is 78.9 Å². The van der Waals surface area contributed by atoms with Gasteiger partial charge in [-0.05, 0) is 40.0 Å². The number of rotatable bonds is 3. The normalized spacial score (nSPS) is 22.9. The molecule has 0 aliphatic carbocycles. The number of aliphatic carboxylic acids is 1. The highest BCUT2D eigenvalue weighted by Gasteiger charge is 2.33. The topological polar surface area (TPSA) is 52.6 Å².